The fraction of sp³-hybridized carbons (Fsp3) is 0.933. The molecule has 2 bridgehead atoms. The minimum absolute atomic E-state index is 0. The van der Waals surface area contributed by atoms with E-state index in [4.69, 9.17) is 0 Å². The van der Waals surface area contributed by atoms with Crippen molar-refractivity contribution < 1.29 is 4.79 Å². The Labute approximate surface area is 121 Å². The van der Waals surface area contributed by atoms with Gasteiger partial charge in [0.05, 0.1) is 0 Å². The number of amides is 1. The quantitative estimate of drug-likeness (QED) is 0.817. The summed E-state index contributed by atoms with van der Waals surface area (Å²) in [6, 6.07) is 1.81. The molecule has 0 aromatic rings. The predicted octanol–water partition coefficient (Wildman–Crippen LogP) is 2.24. The van der Waals surface area contributed by atoms with Gasteiger partial charge in [-0.05, 0) is 50.4 Å². The molecule has 2 aliphatic heterocycles. The molecule has 2 aliphatic carbocycles. The lowest BCUT2D eigenvalue weighted by Crippen LogP contribution is -2.48. The van der Waals surface area contributed by atoms with E-state index >= 15 is 0 Å². The first-order chi connectivity index (χ1) is 8.81. The van der Waals surface area contributed by atoms with Crippen LogP contribution in [0, 0.1) is 17.8 Å². The zero-order chi connectivity index (χ0) is 12.1. The number of carbonyl (C=O) groups excluding carboxylic acids is 1. The van der Waals surface area contributed by atoms with Gasteiger partial charge in [-0.3, -0.25) is 4.79 Å². The van der Waals surface area contributed by atoms with E-state index in [0.29, 0.717) is 30.0 Å². The van der Waals surface area contributed by atoms with Crippen molar-refractivity contribution in [3.05, 3.63) is 0 Å². The summed E-state index contributed by atoms with van der Waals surface area (Å²) in [4.78, 5) is 12.3. The Morgan fingerprint density at radius 2 is 1.53 bits per heavy atom. The molecule has 19 heavy (non-hydrogen) atoms. The number of hydrogen-bond acceptors (Lipinski definition) is 2. The molecule has 2 N–H and O–H groups in total. The van der Waals surface area contributed by atoms with Gasteiger partial charge in [-0.25, -0.2) is 0 Å². The topological polar surface area (TPSA) is 41.1 Å². The molecule has 2 saturated carbocycles. The van der Waals surface area contributed by atoms with Crippen molar-refractivity contribution in [3.8, 4) is 0 Å². The van der Waals surface area contributed by atoms with Crippen LogP contribution in [0.1, 0.15) is 51.4 Å². The molecule has 4 atom stereocenters. The zero-order valence-corrected chi connectivity index (χ0v) is 12.3. The summed E-state index contributed by atoms with van der Waals surface area (Å²) in [6.07, 6.45) is 10.2. The summed E-state index contributed by atoms with van der Waals surface area (Å²) >= 11 is 0. The van der Waals surface area contributed by atoms with Crippen molar-refractivity contribution in [1.82, 2.24) is 10.6 Å². The SMILES string of the molecule is Cl.O=C(NC1CC2CCC(C1)N2)C1C2CCCCC21. The molecule has 0 aromatic heterocycles. The standard InChI is InChI=1S/C15H24N2O.ClH/c18-15(14-12-3-1-2-4-13(12)14)17-11-7-9-5-6-10(8-11)16-9;/h9-14,16H,1-8H2,(H,17,18);1H. The average molecular weight is 285 g/mol. The van der Waals surface area contributed by atoms with E-state index in [9.17, 15) is 4.79 Å². The number of carbonyl (C=O) groups is 1. The van der Waals surface area contributed by atoms with E-state index < -0.39 is 0 Å². The number of halogens is 1. The molecule has 2 heterocycles. The molecule has 0 radical (unpaired) electrons. The second-order valence-corrected chi connectivity index (χ2v) is 6.95. The van der Waals surface area contributed by atoms with Crippen LogP contribution in [0.3, 0.4) is 0 Å². The molecule has 4 unspecified atom stereocenters. The summed E-state index contributed by atoms with van der Waals surface area (Å²) in [5.74, 6) is 2.27. The van der Waals surface area contributed by atoms with Gasteiger partial charge in [-0.1, -0.05) is 12.8 Å². The van der Waals surface area contributed by atoms with Crippen molar-refractivity contribution in [1.29, 1.82) is 0 Å². The minimum atomic E-state index is 0. The molecule has 2 saturated heterocycles. The lowest BCUT2D eigenvalue weighted by molar-refractivity contribution is -0.123. The molecule has 4 rings (SSSR count). The second kappa shape index (κ2) is 5.25. The lowest BCUT2D eigenvalue weighted by atomic mass is 9.99. The van der Waals surface area contributed by atoms with Crippen LogP contribution in [-0.2, 0) is 4.79 Å². The van der Waals surface area contributed by atoms with Crippen LogP contribution in [-0.4, -0.2) is 24.0 Å². The van der Waals surface area contributed by atoms with Gasteiger partial charge < -0.3 is 10.6 Å². The van der Waals surface area contributed by atoms with E-state index in [1.54, 1.807) is 0 Å². The van der Waals surface area contributed by atoms with Gasteiger partial charge in [0.25, 0.3) is 0 Å². The van der Waals surface area contributed by atoms with Crippen molar-refractivity contribution in [2.45, 2.75) is 69.5 Å². The van der Waals surface area contributed by atoms with Crippen LogP contribution in [0.15, 0.2) is 0 Å². The molecule has 0 spiro atoms. The van der Waals surface area contributed by atoms with Crippen molar-refractivity contribution in [2.24, 2.45) is 17.8 Å². The van der Waals surface area contributed by atoms with Crippen LogP contribution >= 0.6 is 12.4 Å². The second-order valence-electron chi connectivity index (χ2n) is 6.95. The molecule has 1 amide bonds. The Kier molecular flexibility index (Phi) is 3.78. The highest BCUT2D eigenvalue weighted by atomic mass is 35.5. The highest BCUT2D eigenvalue weighted by Crippen LogP contribution is 2.55. The highest BCUT2D eigenvalue weighted by Gasteiger charge is 2.55. The molecule has 3 nitrogen and oxygen atoms in total. The highest BCUT2D eigenvalue weighted by molar-refractivity contribution is 5.85. The van der Waals surface area contributed by atoms with Crippen LogP contribution < -0.4 is 10.6 Å². The van der Waals surface area contributed by atoms with Gasteiger partial charge in [0.2, 0.25) is 5.91 Å². The molecule has 108 valence electrons. The third-order valence-electron chi connectivity index (χ3n) is 5.78. The van der Waals surface area contributed by atoms with E-state index in [0.717, 1.165) is 24.7 Å². The number of fused-ring (bicyclic) bond motifs is 3. The first kappa shape index (κ1) is 13.7. The molecular formula is C15H25ClN2O. The Morgan fingerprint density at radius 3 is 2.11 bits per heavy atom. The Balaban J connectivity index is 0.00000110. The average Bonchev–Trinajstić information content (AvgIpc) is 3.01. The largest absolute Gasteiger partial charge is 0.353 e. The Morgan fingerprint density at radius 1 is 0.947 bits per heavy atom. The summed E-state index contributed by atoms with van der Waals surface area (Å²) in [6.45, 7) is 0. The number of nitrogens with one attached hydrogen (secondary N) is 2. The van der Waals surface area contributed by atoms with Crippen molar-refractivity contribution >= 4 is 18.3 Å². The normalized spacial score (nSPS) is 46.9. The summed E-state index contributed by atoms with van der Waals surface area (Å²) < 4.78 is 0. The van der Waals surface area contributed by atoms with E-state index in [1.807, 2.05) is 0 Å². The molecule has 0 aromatic carbocycles. The third-order valence-corrected chi connectivity index (χ3v) is 5.78. The van der Waals surface area contributed by atoms with E-state index in [1.165, 1.54) is 38.5 Å². The fourth-order valence-electron chi connectivity index (χ4n) is 4.85. The van der Waals surface area contributed by atoms with Gasteiger partial charge in [0, 0.05) is 24.0 Å². The van der Waals surface area contributed by atoms with Crippen LogP contribution in [0.5, 0.6) is 0 Å². The first-order valence-corrected chi connectivity index (χ1v) is 7.87. The van der Waals surface area contributed by atoms with Crippen molar-refractivity contribution in [2.75, 3.05) is 0 Å². The molecule has 4 fully saturated rings. The lowest BCUT2D eigenvalue weighted by Gasteiger charge is -2.29. The van der Waals surface area contributed by atoms with Gasteiger partial charge in [0.15, 0.2) is 0 Å². The van der Waals surface area contributed by atoms with Crippen LogP contribution in [0.2, 0.25) is 0 Å². The number of hydrogen-bond donors (Lipinski definition) is 2. The maximum absolute atomic E-state index is 12.3. The summed E-state index contributed by atoms with van der Waals surface area (Å²) in [5.41, 5.74) is 0. The molecular weight excluding hydrogens is 260 g/mol. The minimum Gasteiger partial charge on any atom is -0.353 e. The Hall–Kier alpha value is -0.280. The fourth-order valence-corrected chi connectivity index (χ4v) is 4.85. The summed E-state index contributed by atoms with van der Waals surface area (Å²) in [5, 5.41) is 7.00. The van der Waals surface area contributed by atoms with Crippen LogP contribution in [0.25, 0.3) is 0 Å². The maximum atomic E-state index is 12.3. The monoisotopic (exact) mass is 284 g/mol. The van der Waals surface area contributed by atoms with Gasteiger partial charge in [-0.15, -0.1) is 12.4 Å². The predicted molar refractivity (Wildman–Crippen MR) is 77.3 cm³/mol. The first-order valence-electron chi connectivity index (χ1n) is 7.87. The van der Waals surface area contributed by atoms with Crippen LogP contribution in [0.4, 0.5) is 0 Å². The number of rotatable bonds is 2. The zero-order valence-electron chi connectivity index (χ0n) is 11.4. The smallest absolute Gasteiger partial charge is 0.223 e. The van der Waals surface area contributed by atoms with Crippen molar-refractivity contribution in [3.63, 3.8) is 0 Å². The molecule has 4 heteroatoms. The molecule has 4 aliphatic rings. The number of piperidine rings is 1. The third kappa shape index (κ3) is 2.52. The maximum Gasteiger partial charge on any atom is 0.223 e. The Bertz CT molecular complexity index is 338. The van der Waals surface area contributed by atoms with Gasteiger partial charge >= 0.3 is 0 Å². The van der Waals surface area contributed by atoms with Gasteiger partial charge in [-0.2, -0.15) is 0 Å². The van der Waals surface area contributed by atoms with E-state index in [-0.39, 0.29) is 12.4 Å². The van der Waals surface area contributed by atoms with E-state index in [2.05, 4.69) is 10.6 Å². The van der Waals surface area contributed by atoms with Gasteiger partial charge in [0.1, 0.15) is 0 Å². The summed E-state index contributed by atoms with van der Waals surface area (Å²) in [7, 11) is 0.